The summed E-state index contributed by atoms with van der Waals surface area (Å²) in [6, 6.07) is 0.0301. The van der Waals surface area contributed by atoms with E-state index < -0.39 is 0 Å². The number of β-lactam (4-membered cyclic amide) rings is 1. The Labute approximate surface area is 53.4 Å². The smallest absolute Gasteiger partial charge is 0.222 e. The van der Waals surface area contributed by atoms with Crippen molar-refractivity contribution in [1.29, 1.82) is 0 Å². The van der Waals surface area contributed by atoms with Crippen molar-refractivity contribution in [1.82, 2.24) is 5.32 Å². The third kappa shape index (κ3) is 1.10. The van der Waals surface area contributed by atoms with Gasteiger partial charge in [0, 0.05) is 0 Å². The maximum atomic E-state index is 10.3. The zero-order valence-electron chi connectivity index (χ0n) is 5.05. The van der Waals surface area contributed by atoms with E-state index >= 15 is 0 Å². The maximum absolute atomic E-state index is 10.3. The molecule has 50 valence electrons. The van der Waals surface area contributed by atoms with Crippen LogP contribution in [0, 0.1) is 0 Å². The van der Waals surface area contributed by atoms with Gasteiger partial charge < -0.3 is 10.4 Å². The molecule has 0 aromatic carbocycles. The second kappa shape index (κ2) is 2.19. The molecule has 0 aromatic rings. The number of carbonyl (C=O) groups is 1. The van der Waals surface area contributed by atoms with Gasteiger partial charge in [0.2, 0.25) is 5.91 Å². The fourth-order valence-electron chi connectivity index (χ4n) is 0.715. The normalized spacial score (nSPS) is 24.6. The van der Waals surface area contributed by atoms with Crippen molar-refractivity contribution in [2.45, 2.75) is 12.5 Å². The molecule has 9 heavy (non-hydrogen) atoms. The summed E-state index contributed by atoms with van der Waals surface area (Å²) in [4.78, 5) is 10.3. The molecule has 0 spiro atoms. The molecular weight excluding hydrogens is 118 g/mol. The van der Waals surface area contributed by atoms with Crippen LogP contribution in [0.2, 0.25) is 0 Å². The summed E-state index contributed by atoms with van der Waals surface area (Å²) in [6.07, 6.45) is 0.486. The van der Waals surface area contributed by atoms with Crippen molar-refractivity contribution in [3.05, 3.63) is 12.2 Å². The predicted octanol–water partition coefficient (Wildman–Crippen LogP) is -0.577. The Morgan fingerprint density at radius 2 is 2.56 bits per heavy atom. The number of amides is 1. The third-order valence-electron chi connectivity index (χ3n) is 1.42. The molecule has 1 heterocycles. The zero-order valence-corrected chi connectivity index (χ0v) is 5.05. The topological polar surface area (TPSA) is 49.3 Å². The van der Waals surface area contributed by atoms with Gasteiger partial charge in [0.25, 0.3) is 0 Å². The van der Waals surface area contributed by atoms with Crippen molar-refractivity contribution < 1.29 is 9.90 Å². The van der Waals surface area contributed by atoms with E-state index in [0.717, 1.165) is 0 Å². The first-order valence-corrected chi connectivity index (χ1v) is 2.82. The Balaban J connectivity index is 2.31. The molecular formula is C6H9NO2. The number of rotatable bonds is 2. The van der Waals surface area contributed by atoms with Crippen LogP contribution in [0.5, 0.6) is 0 Å². The number of hydrogen-bond acceptors (Lipinski definition) is 2. The highest BCUT2D eigenvalue weighted by molar-refractivity contribution is 5.84. The molecule has 0 radical (unpaired) electrons. The van der Waals surface area contributed by atoms with E-state index in [1.807, 2.05) is 0 Å². The quantitative estimate of drug-likeness (QED) is 0.385. The number of aliphatic hydroxyl groups is 1. The fraction of sp³-hybridized carbons (Fsp3) is 0.500. The average molecular weight is 127 g/mol. The highest BCUT2D eigenvalue weighted by atomic mass is 16.3. The van der Waals surface area contributed by atoms with Crippen molar-refractivity contribution in [2.75, 3.05) is 6.61 Å². The molecule has 1 atom stereocenters. The fourth-order valence-corrected chi connectivity index (χ4v) is 0.715. The second-order valence-corrected chi connectivity index (χ2v) is 2.14. The van der Waals surface area contributed by atoms with Crippen LogP contribution in [0.25, 0.3) is 0 Å². The Kier molecular flexibility index (Phi) is 1.53. The summed E-state index contributed by atoms with van der Waals surface area (Å²) < 4.78 is 0. The van der Waals surface area contributed by atoms with Crippen molar-refractivity contribution in [3.8, 4) is 0 Å². The SMILES string of the molecule is C=C(CO)[C@@H]1CC(=O)N1. The van der Waals surface area contributed by atoms with Gasteiger partial charge in [0.1, 0.15) is 0 Å². The van der Waals surface area contributed by atoms with Crippen LogP contribution in [-0.4, -0.2) is 23.7 Å². The summed E-state index contributed by atoms with van der Waals surface area (Å²) >= 11 is 0. The van der Waals surface area contributed by atoms with Gasteiger partial charge in [0.05, 0.1) is 19.1 Å². The largest absolute Gasteiger partial charge is 0.392 e. The van der Waals surface area contributed by atoms with E-state index in [1.54, 1.807) is 0 Å². The Bertz CT molecular complexity index is 145. The first kappa shape index (κ1) is 6.29. The van der Waals surface area contributed by atoms with Gasteiger partial charge in [0.15, 0.2) is 0 Å². The standard InChI is InChI=1S/C6H9NO2/c1-4(3-8)5-2-6(9)7-5/h5,8H,1-3H2,(H,7,9)/t5-/m0/s1. The Hall–Kier alpha value is -0.830. The lowest BCUT2D eigenvalue weighted by Gasteiger charge is -2.27. The van der Waals surface area contributed by atoms with Crippen LogP contribution in [-0.2, 0) is 4.79 Å². The van der Waals surface area contributed by atoms with Crippen LogP contribution < -0.4 is 5.32 Å². The first-order chi connectivity index (χ1) is 4.24. The van der Waals surface area contributed by atoms with E-state index in [9.17, 15) is 4.79 Å². The van der Waals surface area contributed by atoms with E-state index in [4.69, 9.17) is 5.11 Å². The third-order valence-corrected chi connectivity index (χ3v) is 1.42. The van der Waals surface area contributed by atoms with Gasteiger partial charge >= 0.3 is 0 Å². The monoisotopic (exact) mass is 127 g/mol. The molecule has 3 nitrogen and oxygen atoms in total. The average Bonchev–Trinajstić information content (AvgIpc) is 1.79. The molecule has 0 unspecified atom stereocenters. The molecule has 0 saturated carbocycles. The summed E-state index contributed by atoms with van der Waals surface area (Å²) in [6.45, 7) is 3.53. The molecule has 0 bridgehead atoms. The summed E-state index contributed by atoms with van der Waals surface area (Å²) in [7, 11) is 0. The van der Waals surface area contributed by atoms with E-state index in [2.05, 4.69) is 11.9 Å². The van der Waals surface area contributed by atoms with Crippen LogP contribution >= 0.6 is 0 Å². The van der Waals surface area contributed by atoms with E-state index in [1.165, 1.54) is 0 Å². The van der Waals surface area contributed by atoms with Gasteiger partial charge in [-0.25, -0.2) is 0 Å². The molecule has 2 N–H and O–H groups in total. The molecule has 1 aliphatic heterocycles. The van der Waals surface area contributed by atoms with Gasteiger partial charge in [-0.3, -0.25) is 4.79 Å². The number of nitrogens with one attached hydrogen (secondary N) is 1. The predicted molar refractivity (Wildman–Crippen MR) is 32.8 cm³/mol. The Morgan fingerprint density at radius 3 is 2.89 bits per heavy atom. The minimum atomic E-state index is -0.0368. The molecule has 0 aromatic heterocycles. The molecule has 3 heteroatoms. The minimum absolute atomic E-state index is 0.0301. The van der Waals surface area contributed by atoms with Crippen LogP contribution in [0.4, 0.5) is 0 Å². The minimum Gasteiger partial charge on any atom is -0.392 e. The lowest BCUT2D eigenvalue weighted by Crippen LogP contribution is -2.49. The lowest BCUT2D eigenvalue weighted by atomic mass is 9.99. The Morgan fingerprint density at radius 1 is 2.00 bits per heavy atom. The van der Waals surface area contributed by atoms with Crippen molar-refractivity contribution in [3.63, 3.8) is 0 Å². The summed E-state index contributed by atoms with van der Waals surface area (Å²) in [5.74, 6) is 0.0367. The van der Waals surface area contributed by atoms with Gasteiger partial charge in [-0.1, -0.05) is 6.58 Å². The van der Waals surface area contributed by atoms with Gasteiger partial charge in [-0.05, 0) is 5.57 Å². The number of aliphatic hydroxyl groups excluding tert-OH is 1. The highest BCUT2D eigenvalue weighted by Crippen LogP contribution is 2.11. The van der Waals surface area contributed by atoms with Crippen LogP contribution in [0.3, 0.4) is 0 Å². The van der Waals surface area contributed by atoms with E-state index in [0.29, 0.717) is 12.0 Å². The van der Waals surface area contributed by atoms with Crippen molar-refractivity contribution in [2.24, 2.45) is 0 Å². The number of hydrogen-bond donors (Lipinski definition) is 2. The molecule has 1 rings (SSSR count). The molecule has 1 aliphatic rings. The maximum Gasteiger partial charge on any atom is 0.222 e. The molecule has 0 aliphatic carbocycles. The van der Waals surface area contributed by atoms with Gasteiger partial charge in [-0.2, -0.15) is 0 Å². The number of carbonyl (C=O) groups excluding carboxylic acids is 1. The zero-order chi connectivity index (χ0) is 6.85. The van der Waals surface area contributed by atoms with Crippen LogP contribution in [0.15, 0.2) is 12.2 Å². The molecule has 1 fully saturated rings. The molecule has 1 amide bonds. The summed E-state index contributed by atoms with van der Waals surface area (Å²) in [5.41, 5.74) is 0.689. The first-order valence-electron chi connectivity index (χ1n) is 2.82. The lowest BCUT2D eigenvalue weighted by molar-refractivity contribution is -0.127. The summed E-state index contributed by atoms with van der Waals surface area (Å²) in [5, 5.41) is 11.1. The van der Waals surface area contributed by atoms with Crippen molar-refractivity contribution >= 4 is 5.91 Å². The van der Waals surface area contributed by atoms with E-state index in [-0.39, 0.29) is 18.6 Å². The molecule has 1 saturated heterocycles. The highest BCUT2D eigenvalue weighted by Gasteiger charge is 2.26. The van der Waals surface area contributed by atoms with Gasteiger partial charge in [-0.15, -0.1) is 0 Å². The van der Waals surface area contributed by atoms with Crippen LogP contribution in [0.1, 0.15) is 6.42 Å². The second-order valence-electron chi connectivity index (χ2n) is 2.14.